The molecule has 0 saturated heterocycles. The Kier molecular flexibility index (Phi) is 7.60. The van der Waals surface area contributed by atoms with Gasteiger partial charge in [-0.05, 0) is 49.2 Å². The van der Waals surface area contributed by atoms with Gasteiger partial charge < -0.3 is 14.5 Å². The van der Waals surface area contributed by atoms with Crippen LogP contribution < -0.4 is 10.0 Å². The second-order valence-electron chi connectivity index (χ2n) is 6.78. The number of rotatable bonds is 7. The summed E-state index contributed by atoms with van der Waals surface area (Å²) < 4.78 is 37.7. The number of aliphatic imine (C=N–C) groups is 1. The molecule has 1 aliphatic rings. The predicted octanol–water partition coefficient (Wildman–Crippen LogP) is 2.73. The van der Waals surface area contributed by atoms with Gasteiger partial charge in [0.25, 0.3) is 15.9 Å². The molecule has 2 N–H and O–H groups in total. The number of ether oxygens (including phenoxy) is 1. The molecule has 0 spiro atoms. The minimum absolute atomic E-state index is 0.00405. The predicted molar refractivity (Wildman–Crippen MR) is 115 cm³/mol. The van der Waals surface area contributed by atoms with Crippen LogP contribution in [0, 0.1) is 0 Å². The summed E-state index contributed by atoms with van der Waals surface area (Å²) in [4.78, 5) is 28.0. The average Bonchev–Trinajstić information content (AvgIpc) is 3.14. The fourth-order valence-electron chi connectivity index (χ4n) is 2.83. The summed E-state index contributed by atoms with van der Waals surface area (Å²) in [6, 6.07) is 9.14. The van der Waals surface area contributed by atoms with E-state index in [1.165, 1.54) is 30.5 Å². The van der Waals surface area contributed by atoms with Crippen molar-refractivity contribution < 1.29 is 27.2 Å². The molecule has 3 rings (SSSR count). The lowest BCUT2D eigenvalue weighted by Crippen LogP contribution is -2.30. The van der Waals surface area contributed by atoms with Crippen molar-refractivity contribution in [1.82, 2.24) is 4.72 Å². The van der Waals surface area contributed by atoms with Crippen molar-refractivity contribution in [3.8, 4) is 0 Å². The molecule has 0 unspecified atom stereocenters. The molecule has 1 aromatic carbocycles. The Morgan fingerprint density at radius 1 is 1.16 bits per heavy atom. The number of amidine groups is 1. The highest BCUT2D eigenvalue weighted by molar-refractivity contribution is 7.90. The molecule has 1 aliphatic heterocycles. The van der Waals surface area contributed by atoms with Gasteiger partial charge in [-0.15, -0.1) is 0 Å². The monoisotopic (exact) mass is 445 g/mol. The zero-order valence-electron chi connectivity index (χ0n) is 16.7. The van der Waals surface area contributed by atoms with E-state index in [0.29, 0.717) is 24.6 Å². The summed E-state index contributed by atoms with van der Waals surface area (Å²) in [5.41, 5.74) is 0.262. The van der Waals surface area contributed by atoms with E-state index >= 15 is 0 Å². The molecule has 10 heteroatoms. The molecule has 0 bridgehead atoms. The van der Waals surface area contributed by atoms with E-state index in [0.717, 1.165) is 25.3 Å². The first-order valence-electron chi connectivity index (χ1n) is 9.77. The molecule has 2 heterocycles. The van der Waals surface area contributed by atoms with Gasteiger partial charge in [-0.3, -0.25) is 14.5 Å². The number of nitrogens with zero attached hydrogens (tertiary/aromatic N) is 1. The third kappa shape index (κ3) is 7.10. The Morgan fingerprint density at radius 3 is 2.84 bits per heavy atom. The number of benzene rings is 1. The van der Waals surface area contributed by atoms with E-state index in [1.54, 1.807) is 18.2 Å². The number of amides is 1. The van der Waals surface area contributed by atoms with Crippen molar-refractivity contribution in [2.45, 2.75) is 30.6 Å². The minimum atomic E-state index is -3.82. The van der Waals surface area contributed by atoms with Gasteiger partial charge in [0.2, 0.25) is 0 Å². The van der Waals surface area contributed by atoms with Crippen molar-refractivity contribution in [1.29, 1.82) is 0 Å². The number of carbonyl (C=O) groups excluding carboxylic acids is 2. The number of hydrogen-bond donors (Lipinski definition) is 2. The number of esters is 1. The van der Waals surface area contributed by atoms with E-state index in [4.69, 9.17) is 9.15 Å². The lowest BCUT2D eigenvalue weighted by molar-refractivity contribution is -0.142. The summed E-state index contributed by atoms with van der Waals surface area (Å²) in [5.74, 6) is -0.393. The molecular formula is C21H23N3O6S. The number of nitrogens with one attached hydrogen (secondary N) is 2. The van der Waals surface area contributed by atoms with Crippen molar-refractivity contribution in [2.75, 3.05) is 18.5 Å². The molecule has 0 atom stereocenters. The SMILES string of the molecule is O=C(COC(=O)C=Cc1ccco1)Nc1cccc(S(=O)(=O)NC2=NCCCCC2)c1. The summed E-state index contributed by atoms with van der Waals surface area (Å²) in [7, 11) is -3.82. The molecule has 0 saturated carbocycles. The fraction of sp³-hybridized carbons (Fsp3) is 0.286. The number of carbonyl (C=O) groups is 2. The summed E-state index contributed by atoms with van der Waals surface area (Å²) in [6.45, 7) is 0.0801. The molecule has 31 heavy (non-hydrogen) atoms. The van der Waals surface area contributed by atoms with Gasteiger partial charge in [0.1, 0.15) is 11.6 Å². The third-order valence-electron chi connectivity index (χ3n) is 4.33. The second kappa shape index (κ2) is 10.6. The van der Waals surface area contributed by atoms with Crippen LogP contribution in [0.5, 0.6) is 0 Å². The fourth-order valence-corrected chi connectivity index (χ4v) is 3.97. The number of anilines is 1. The normalized spacial score (nSPS) is 14.5. The van der Waals surface area contributed by atoms with Crippen LogP contribution in [0.3, 0.4) is 0 Å². The Morgan fingerprint density at radius 2 is 2.03 bits per heavy atom. The summed E-state index contributed by atoms with van der Waals surface area (Å²) >= 11 is 0. The molecule has 2 aromatic rings. The van der Waals surface area contributed by atoms with Crippen LogP contribution in [0.1, 0.15) is 31.4 Å². The van der Waals surface area contributed by atoms with Crippen LogP contribution in [0.4, 0.5) is 5.69 Å². The molecule has 1 aromatic heterocycles. The largest absolute Gasteiger partial charge is 0.465 e. The van der Waals surface area contributed by atoms with Gasteiger partial charge in [-0.1, -0.05) is 12.5 Å². The molecule has 9 nitrogen and oxygen atoms in total. The van der Waals surface area contributed by atoms with Crippen molar-refractivity contribution >= 4 is 39.5 Å². The Labute approximate surface area is 180 Å². The maximum Gasteiger partial charge on any atom is 0.331 e. The first-order valence-corrected chi connectivity index (χ1v) is 11.2. The maximum absolute atomic E-state index is 12.6. The Balaban J connectivity index is 1.55. The Bertz CT molecular complexity index is 1070. The molecule has 0 aliphatic carbocycles. The van der Waals surface area contributed by atoms with Gasteiger partial charge in [0.15, 0.2) is 6.61 Å². The van der Waals surface area contributed by atoms with E-state index in [2.05, 4.69) is 15.0 Å². The van der Waals surface area contributed by atoms with E-state index < -0.39 is 28.5 Å². The molecular weight excluding hydrogens is 422 g/mol. The lowest BCUT2D eigenvalue weighted by atomic mass is 10.2. The van der Waals surface area contributed by atoms with Crippen molar-refractivity contribution in [2.24, 2.45) is 4.99 Å². The van der Waals surface area contributed by atoms with Gasteiger partial charge in [-0.25, -0.2) is 13.2 Å². The molecule has 0 fully saturated rings. The molecule has 0 radical (unpaired) electrons. The average molecular weight is 445 g/mol. The van der Waals surface area contributed by atoms with E-state index in [1.807, 2.05) is 0 Å². The Hall–Kier alpha value is -3.40. The van der Waals surface area contributed by atoms with Crippen LogP contribution in [-0.4, -0.2) is 39.3 Å². The van der Waals surface area contributed by atoms with Crippen LogP contribution in [0.2, 0.25) is 0 Å². The number of hydrogen-bond acceptors (Lipinski definition) is 7. The first-order chi connectivity index (χ1) is 14.9. The van der Waals surface area contributed by atoms with E-state index in [9.17, 15) is 18.0 Å². The highest BCUT2D eigenvalue weighted by Crippen LogP contribution is 2.16. The number of sulfonamides is 1. The van der Waals surface area contributed by atoms with E-state index in [-0.39, 0.29) is 10.6 Å². The van der Waals surface area contributed by atoms with Gasteiger partial charge in [-0.2, -0.15) is 0 Å². The van der Waals surface area contributed by atoms with Gasteiger partial charge in [0, 0.05) is 24.7 Å². The lowest BCUT2D eigenvalue weighted by Gasteiger charge is -2.11. The van der Waals surface area contributed by atoms with Crippen LogP contribution in [0.15, 0.2) is 63.0 Å². The van der Waals surface area contributed by atoms with Crippen LogP contribution >= 0.6 is 0 Å². The van der Waals surface area contributed by atoms with Crippen LogP contribution in [0.25, 0.3) is 6.08 Å². The van der Waals surface area contributed by atoms with Crippen LogP contribution in [-0.2, 0) is 24.3 Å². The van der Waals surface area contributed by atoms with Gasteiger partial charge >= 0.3 is 5.97 Å². The van der Waals surface area contributed by atoms with Gasteiger partial charge in [0.05, 0.1) is 11.2 Å². The van der Waals surface area contributed by atoms with Crippen molar-refractivity contribution in [3.05, 3.63) is 54.5 Å². The summed E-state index contributed by atoms with van der Waals surface area (Å²) in [6.07, 6.45) is 7.44. The van der Waals surface area contributed by atoms with Crippen molar-refractivity contribution in [3.63, 3.8) is 0 Å². The minimum Gasteiger partial charge on any atom is -0.465 e. The topological polar surface area (TPSA) is 127 Å². The standard InChI is InChI=1S/C21H23N3O6S/c25-20(15-30-21(26)11-10-17-7-5-13-29-17)23-16-6-4-8-18(14-16)31(27,28)24-19-9-2-1-3-12-22-19/h4-8,10-11,13-14H,1-3,9,12,15H2,(H,22,24)(H,23,25). The zero-order valence-corrected chi connectivity index (χ0v) is 17.6. The first kappa shape index (κ1) is 22.3. The molecule has 1 amide bonds. The highest BCUT2D eigenvalue weighted by Gasteiger charge is 2.18. The number of furan rings is 1. The molecule has 164 valence electrons. The smallest absolute Gasteiger partial charge is 0.331 e. The third-order valence-corrected chi connectivity index (χ3v) is 5.71. The summed E-state index contributed by atoms with van der Waals surface area (Å²) in [5, 5.41) is 2.51. The maximum atomic E-state index is 12.6. The zero-order chi connectivity index (χ0) is 22.1. The quantitative estimate of drug-likeness (QED) is 0.498. The highest BCUT2D eigenvalue weighted by atomic mass is 32.2. The second-order valence-corrected chi connectivity index (χ2v) is 8.46.